The number of hydrogen-bond donors (Lipinski definition) is 1. The van der Waals surface area contributed by atoms with Gasteiger partial charge in [-0.3, -0.25) is 4.90 Å². The van der Waals surface area contributed by atoms with Gasteiger partial charge in [0.2, 0.25) is 0 Å². The molecule has 2 fully saturated rings. The third kappa shape index (κ3) is 4.52. The van der Waals surface area contributed by atoms with Crippen LogP contribution in [0.1, 0.15) is 39.0 Å². The van der Waals surface area contributed by atoms with Crippen molar-refractivity contribution >= 4 is 0 Å². The van der Waals surface area contributed by atoms with Gasteiger partial charge in [0, 0.05) is 45.8 Å². The van der Waals surface area contributed by atoms with Crippen LogP contribution in [0.5, 0.6) is 0 Å². The Morgan fingerprint density at radius 3 is 2.33 bits per heavy atom. The van der Waals surface area contributed by atoms with Crippen molar-refractivity contribution in [2.45, 2.75) is 39.0 Å². The zero-order valence-corrected chi connectivity index (χ0v) is 12.4. The minimum Gasteiger partial charge on any atom is -0.315 e. The molecule has 2 aliphatic rings. The smallest absolute Gasteiger partial charge is 0.0110 e. The van der Waals surface area contributed by atoms with Crippen molar-refractivity contribution in [2.75, 3.05) is 52.9 Å². The summed E-state index contributed by atoms with van der Waals surface area (Å²) in [6.07, 6.45) is 7.19. The van der Waals surface area contributed by atoms with Crippen molar-refractivity contribution in [3.8, 4) is 0 Å². The molecule has 0 aromatic rings. The van der Waals surface area contributed by atoms with Crippen LogP contribution in [0.15, 0.2) is 0 Å². The van der Waals surface area contributed by atoms with Gasteiger partial charge in [-0.05, 0) is 25.3 Å². The second-order valence-electron chi connectivity index (χ2n) is 6.69. The Balaban J connectivity index is 1.55. The molecule has 1 N–H and O–H groups in total. The lowest BCUT2D eigenvalue weighted by molar-refractivity contribution is 0.150. The maximum absolute atomic E-state index is 3.70. The molecule has 2 rings (SSSR count). The van der Waals surface area contributed by atoms with Crippen molar-refractivity contribution in [1.29, 1.82) is 0 Å². The fourth-order valence-corrected chi connectivity index (χ4v) is 3.28. The van der Waals surface area contributed by atoms with Crippen LogP contribution < -0.4 is 5.32 Å². The summed E-state index contributed by atoms with van der Waals surface area (Å²) in [6.45, 7) is 11.0. The third-order valence-electron chi connectivity index (χ3n) is 4.81. The van der Waals surface area contributed by atoms with Gasteiger partial charge >= 0.3 is 0 Å². The Kier molecular flexibility index (Phi) is 5.46. The molecular weight excluding hydrogens is 222 g/mol. The highest BCUT2D eigenvalue weighted by Crippen LogP contribution is 2.34. The largest absolute Gasteiger partial charge is 0.315 e. The van der Waals surface area contributed by atoms with Gasteiger partial charge in [0.1, 0.15) is 0 Å². The third-order valence-corrected chi connectivity index (χ3v) is 4.81. The molecule has 18 heavy (non-hydrogen) atoms. The van der Waals surface area contributed by atoms with Crippen LogP contribution in [0.3, 0.4) is 0 Å². The maximum atomic E-state index is 3.70. The molecule has 0 unspecified atom stereocenters. The normalized spacial score (nSPS) is 26.3. The molecule has 1 aliphatic carbocycles. The van der Waals surface area contributed by atoms with Crippen LogP contribution in [0.4, 0.5) is 0 Å². The van der Waals surface area contributed by atoms with E-state index in [0.717, 1.165) is 0 Å². The van der Waals surface area contributed by atoms with Crippen LogP contribution in [-0.2, 0) is 0 Å². The van der Waals surface area contributed by atoms with Gasteiger partial charge in [-0.2, -0.15) is 0 Å². The fraction of sp³-hybridized carbons (Fsp3) is 1.00. The number of rotatable bonds is 5. The summed E-state index contributed by atoms with van der Waals surface area (Å²) in [4.78, 5) is 5.02. The molecule has 1 aliphatic heterocycles. The molecule has 0 bridgehead atoms. The molecule has 0 radical (unpaired) electrons. The quantitative estimate of drug-likeness (QED) is 0.754. The second kappa shape index (κ2) is 6.88. The van der Waals surface area contributed by atoms with E-state index in [1.165, 1.54) is 77.9 Å². The van der Waals surface area contributed by atoms with E-state index in [4.69, 9.17) is 0 Å². The highest BCUT2D eigenvalue weighted by Gasteiger charge is 2.26. The SMILES string of the molecule is CN1CCN(CCNCC2(C)CCCCC2)CC1. The first kappa shape index (κ1) is 14.3. The molecule has 1 saturated carbocycles. The Morgan fingerprint density at radius 2 is 1.67 bits per heavy atom. The topological polar surface area (TPSA) is 18.5 Å². The zero-order chi connectivity index (χ0) is 12.8. The molecule has 3 heteroatoms. The van der Waals surface area contributed by atoms with E-state index in [0.29, 0.717) is 5.41 Å². The van der Waals surface area contributed by atoms with Gasteiger partial charge in [0.05, 0.1) is 0 Å². The second-order valence-corrected chi connectivity index (χ2v) is 6.69. The molecule has 0 spiro atoms. The number of nitrogens with one attached hydrogen (secondary N) is 1. The minimum atomic E-state index is 0.584. The van der Waals surface area contributed by atoms with E-state index in [1.807, 2.05) is 0 Å². The van der Waals surface area contributed by atoms with Crippen molar-refractivity contribution in [2.24, 2.45) is 5.41 Å². The minimum absolute atomic E-state index is 0.584. The molecule has 106 valence electrons. The lowest BCUT2D eigenvalue weighted by atomic mass is 9.76. The van der Waals surface area contributed by atoms with Gasteiger partial charge in [0.15, 0.2) is 0 Å². The standard InChI is InChI=1S/C15H31N3/c1-15(6-4-3-5-7-15)14-16-8-9-18-12-10-17(2)11-13-18/h16H,3-14H2,1-2H3. The van der Waals surface area contributed by atoms with Crippen molar-refractivity contribution in [3.05, 3.63) is 0 Å². The number of likely N-dealkylation sites (N-methyl/N-ethyl adjacent to an activating group) is 1. The van der Waals surface area contributed by atoms with E-state index >= 15 is 0 Å². The highest BCUT2D eigenvalue weighted by molar-refractivity contribution is 4.80. The average Bonchev–Trinajstić information content (AvgIpc) is 2.38. The molecule has 1 saturated heterocycles. The summed E-state index contributed by atoms with van der Waals surface area (Å²) in [5, 5.41) is 3.70. The van der Waals surface area contributed by atoms with Gasteiger partial charge < -0.3 is 10.2 Å². The van der Waals surface area contributed by atoms with Crippen molar-refractivity contribution in [3.63, 3.8) is 0 Å². The van der Waals surface area contributed by atoms with E-state index in [1.54, 1.807) is 0 Å². The Morgan fingerprint density at radius 1 is 1.00 bits per heavy atom. The van der Waals surface area contributed by atoms with Crippen molar-refractivity contribution < 1.29 is 0 Å². The molecule has 0 aromatic carbocycles. The van der Waals surface area contributed by atoms with Gasteiger partial charge in [-0.15, -0.1) is 0 Å². The van der Waals surface area contributed by atoms with Crippen LogP contribution >= 0.6 is 0 Å². The maximum Gasteiger partial charge on any atom is 0.0110 e. The highest BCUT2D eigenvalue weighted by atomic mass is 15.2. The van der Waals surface area contributed by atoms with E-state index in [-0.39, 0.29) is 0 Å². The van der Waals surface area contributed by atoms with E-state index in [2.05, 4.69) is 29.1 Å². The monoisotopic (exact) mass is 253 g/mol. The molecule has 3 nitrogen and oxygen atoms in total. The van der Waals surface area contributed by atoms with Gasteiger partial charge in [-0.1, -0.05) is 26.2 Å². The lowest BCUT2D eigenvalue weighted by Crippen LogP contribution is -2.47. The number of hydrogen-bond acceptors (Lipinski definition) is 3. The van der Waals surface area contributed by atoms with Crippen LogP contribution in [-0.4, -0.2) is 62.7 Å². The Bertz CT molecular complexity index is 228. The predicted molar refractivity (Wildman–Crippen MR) is 78.0 cm³/mol. The first-order valence-corrected chi connectivity index (χ1v) is 7.80. The van der Waals surface area contributed by atoms with Crippen LogP contribution in [0.2, 0.25) is 0 Å². The number of nitrogens with zero attached hydrogens (tertiary/aromatic N) is 2. The first-order valence-electron chi connectivity index (χ1n) is 7.80. The zero-order valence-electron chi connectivity index (χ0n) is 12.4. The van der Waals surface area contributed by atoms with Gasteiger partial charge in [-0.25, -0.2) is 0 Å². The first-order chi connectivity index (χ1) is 8.68. The Labute approximate surface area is 113 Å². The Hall–Kier alpha value is -0.120. The van der Waals surface area contributed by atoms with E-state index < -0.39 is 0 Å². The molecule has 1 heterocycles. The summed E-state index contributed by atoms with van der Waals surface area (Å²) in [5.41, 5.74) is 0.584. The van der Waals surface area contributed by atoms with Crippen LogP contribution in [0, 0.1) is 5.41 Å². The summed E-state index contributed by atoms with van der Waals surface area (Å²) >= 11 is 0. The number of piperazine rings is 1. The average molecular weight is 253 g/mol. The van der Waals surface area contributed by atoms with Crippen LogP contribution in [0.25, 0.3) is 0 Å². The summed E-state index contributed by atoms with van der Waals surface area (Å²) in [6, 6.07) is 0. The predicted octanol–water partition coefficient (Wildman–Crippen LogP) is 1.79. The summed E-state index contributed by atoms with van der Waals surface area (Å²) in [7, 11) is 2.22. The van der Waals surface area contributed by atoms with Gasteiger partial charge in [0.25, 0.3) is 0 Å². The molecule has 0 aromatic heterocycles. The molecule has 0 atom stereocenters. The lowest BCUT2D eigenvalue weighted by Gasteiger charge is -2.35. The molecule has 0 amide bonds. The summed E-state index contributed by atoms with van der Waals surface area (Å²) in [5.74, 6) is 0. The van der Waals surface area contributed by atoms with E-state index in [9.17, 15) is 0 Å². The molecular formula is C15H31N3. The van der Waals surface area contributed by atoms with Crippen molar-refractivity contribution in [1.82, 2.24) is 15.1 Å². The summed E-state index contributed by atoms with van der Waals surface area (Å²) < 4.78 is 0. The fourth-order valence-electron chi connectivity index (χ4n) is 3.28.